The van der Waals surface area contributed by atoms with Crippen LogP contribution in [0.4, 0.5) is 0 Å². The van der Waals surface area contributed by atoms with Gasteiger partial charge in [-0.25, -0.2) is 0 Å². The van der Waals surface area contributed by atoms with E-state index in [1.165, 1.54) is 0 Å². The number of ketones is 1. The minimum absolute atomic E-state index is 0.201. The fourth-order valence-corrected chi connectivity index (χ4v) is 2.63. The highest BCUT2D eigenvalue weighted by Crippen LogP contribution is 2.19. The van der Waals surface area contributed by atoms with E-state index in [1.807, 2.05) is 37.3 Å². The van der Waals surface area contributed by atoms with Crippen molar-refractivity contribution in [3.05, 3.63) is 70.2 Å². The first-order valence-corrected chi connectivity index (χ1v) is 8.91. The summed E-state index contributed by atoms with van der Waals surface area (Å²) >= 11 is 3.35. The standard InChI is InChI=1S/C20H21BrO3/c1-2-3-13-24-20(23)18(14-15-7-5-4-6-8-15)19(22)16-9-11-17(21)12-10-16/h4-12,18H,2-3,13-14H2,1H3. The molecule has 24 heavy (non-hydrogen) atoms. The number of carbonyl (C=O) groups excluding carboxylic acids is 2. The van der Waals surface area contributed by atoms with Crippen molar-refractivity contribution in [3.8, 4) is 0 Å². The number of benzene rings is 2. The Morgan fingerprint density at radius 3 is 2.33 bits per heavy atom. The number of ether oxygens (including phenoxy) is 1. The lowest BCUT2D eigenvalue weighted by Crippen LogP contribution is -2.28. The Morgan fingerprint density at radius 1 is 1.04 bits per heavy atom. The average molecular weight is 389 g/mol. The fraction of sp³-hybridized carbons (Fsp3) is 0.300. The van der Waals surface area contributed by atoms with Crippen molar-refractivity contribution in [3.63, 3.8) is 0 Å². The van der Waals surface area contributed by atoms with Crippen LogP contribution in [0.25, 0.3) is 0 Å². The maximum Gasteiger partial charge on any atom is 0.317 e. The van der Waals surface area contributed by atoms with Gasteiger partial charge in [0.25, 0.3) is 0 Å². The molecule has 0 aromatic heterocycles. The molecule has 0 saturated heterocycles. The van der Waals surface area contributed by atoms with Crippen LogP contribution in [0.3, 0.4) is 0 Å². The van der Waals surface area contributed by atoms with Crippen molar-refractivity contribution in [1.29, 1.82) is 0 Å². The van der Waals surface area contributed by atoms with Crippen LogP contribution in [0.2, 0.25) is 0 Å². The summed E-state index contributed by atoms with van der Waals surface area (Å²) in [6, 6.07) is 16.6. The maximum atomic E-state index is 12.8. The lowest BCUT2D eigenvalue weighted by Gasteiger charge is -2.15. The third-order valence-corrected chi connectivity index (χ3v) is 4.28. The summed E-state index contributed by atoms with van der Waals surface area (Å²) in [7, 11) is 0. The van der Waals surface area contributed by atoms with Crippen molar-refractivity contribution in [2.24, 2.45) is 5.92 Å². The fourth-order valence-electron chi connectivity index (χ4n) is 2.37. The molecule has 2 aromatic carbocycles. The summed E-state index contributed by atoms with van der Waals surface area (Å²) in [5.41, 5.74) is 1.46. The molecule has 1 unspecified atom stereocenters. The van der Waals surface area contributed by atoms with Gasteiger partial charge in [0.2, 0.25) is 0 Å². The zero-order valence-electron chi connectivity index (χ0n) is 13.7. The van der Waals surface area contributed by atoms with Crippen molar-refractivity contribution >= 4 is 27.7 Å². The van der Waals surface area contributed by atoms with Gasteiger partial charge in [-0.3, -0.25) is 9.59 Å². The van der Waals surface area contributed by atoms with Crippen LogP contribution >= 0.6 is 15.9 Å². The largest absolute Gasteiger partial charge is 0.465 e. The Balaban J connectivity index is 2.19. The van der Waals surface area contributed by atoms with Crippen LogP contribution in [-0.4, -0.2) is 18.4 Å². The SMILES string of the molecule is CCCCOC(=O)C(Cc1ccccc1)C(=O)c1ccc(Br)cc1. The Labute approximate surface area is 151 Å². The number of carbonyl (C=O) groups is 2. The second-order valence-electron chi connectivity index (χ2n) is 5.63. The molecule has 0 heterocycles. The first-order valence-electron chi connectivity index (χ1n) is 8.12. The maximum absolute atomic E-state index is 12.8. The molecular weight excluding hydrogens is 368 g/mol. The molecule has 4 heteroatoms. The van der Waals surface area contributed by atoms with Crippen LogP contribution in [0.5, 0.6) is 0 Å². The molecule has 0 spiro atoms. The highest BCUT2D eigenvalue weighted by Gasteiger charge is 2.29. The molecule has 0 aliphatic rings. The van der Waals surface area contributed by atoms with Crippen LogP contribution in [0.15, 0.2) is 59.1 Å². The minimum Gasteiger partial charge on any atom is -0.465 e. The van der Waals surface area contributed by atoms with Crippen LogP contribution in [0.1, 0.15) is 35.7 Å². The first-order chi connectivity index (χ1) is 11.6. The molecular formula is C20H21BrO3. The van der Waals surface area contributed by atoms with E-state index in [0.29, 0.717) is 18.6 Å². The molecule has 0 amide bonds. The van der Waals surface area contributed by atoms with Crippen molar-refractivity contribution in [2.45, 2.75) is 26.2 Å². The van der Waals surface area contributed by atoms with E-state index in [9.17, 15) is 9.59 Å². The third kappa shape index (κ3) is 5.31. The highest BCUT2D eigenvalue weighted by molar-refractivity contribution is 9.10. The van der Waals surface area contributed by atoms with E-state index >= 15 is 0 Å². The Morgan fingerprint density at radius 2 is 1.71 bits per heavy atom. The van der Waals surface area contributed by atoms with E-state index in [0.717, 1.165) is 22.9 Å². The van der Waals surface area contributed by atoms with Gasteiger partial charge in [0.05, 0.1) is 6.61 Å². The van der Waals surface area contributed by atoms with E-state index in [4.69, 9.17) is 4.74 Å². The minimum atomic E-state index is -0.814. The number of halogens is 1. The van der Waals surface area contributed by atoms with Gasteiger partial charge in [-0.1, -0.05) is 71.7 Å². The monoisotopic (exact) mass is 388 g/mol. The molecule has 2 aromatic rings. The molecule has 0 N–H and O–H groups in total. The number of hydrogen-bond acceptors (Lipinski definition) is 3. The van der Waals surface area contributed by atoms with Crippen LogP contribution in [-0.2, 0) is 16.0 Å². The van der Waals surface area contributed by atoms with Crippen molar-refractivity contribution < 1.29 is 14.3 Å². The number of Topliss-reactive ketones (excluding diaryl/α,β-unsaturated/α-hetero) is 1. The molecule has 1 atom stereocenters. The zero-order valence-corrected chi connectivity index (χ0v) is 15.3. The van der Waals surface area contributed by atoms with Crippen molar-refractivity contribution in [1.82, 2.24) is 0 Å². The van der Waals surface area contributed by atoms with Crippen molar-refractivity contribution in [2.75, 3.05) is 6.61 Å². The Hall–Kier alpha value is -1.94. The molecule has 0 fully saturated rings. The van der Waals surface area contributed by atoms with E-state index in [-0.39, 0.29) is 5.78 Å². The lowest BCUT2D eigenvalue weighted by atomic mass is 9.91. The second kappa shape index (κ2) is 9.38. The van der Waals surface area contributed by atoms with Gasteiger partial charge in [0.15, 0.2) is 5.78 Å². The number of rotatable bonds is 8. The summed E-state index contributed by atoms with van der Waals surface area (Å²) < 4.78 is 6.21. The van der Waals surface area contributed by atoms with Gasteiger partial charge < -0.3 is 4.74 Å². The molecule has 126 valence electrons. The summed E-state index contributed by atoms with van der Waals surface area (Å²) in [4.78, 5) is 25.3. The number of unbranched alkanes of at least 4 members (excludes halogenated alkanes) is 1. The van der Waals surface area contributed by atoms with Gasteiger partial charge in [0.1, 0.15) is 5.92 Å². The smallest absolute Gasteiger partial charge is 0.317 e. The summed E-state index contributed by atoms with van der Waals surface area (Å²) in [5, 5.41) is 0. The number of hydrogen-bond donors (Lipinski definition) is 0. The molecule has 0 aliphatic carbocycles. The Bertz CT molecular complexity index is 665. The third-order valence-electron chi connectivity index (χ3n) is 3.75. The topological polar surface area (TPSA) is 43.4 Å². The molecule has 2 rings (SSSR count). The molecule has 0 radical (unpaired) electrons. The molecule has 0 saturated carbocycles. The summed E-state index contributed by atoms with van der Waals surface area (Å²) in [6.07, 6.45) is 2.09. The average Bonchev–Trinajstić information content (AvgIpc) is 2.61. The van der Waals surface area contributed by atoms with Gasteiger partial charge in [-0.2, -0.15) is 0 Å². The summed E-state index contributed by atoms with van der Waals surface area (Å²) in [5.74, 6) is -1.46. The Kier molecular flexibility index (Phi) is 7.19. The van der Waals surface area contributed by atoms with Gasteiger partial charge in [-0.15, -0.1) is 0 Å². The second-order valence-corrected chi connectivity index (χ2v) is 6.55. The molecule has 3 nitrogen and oxygen atoms in total. The predicted octanol–water partition coefficient (Wildman–Crippen LogP) is 4.83. The predicted molar refractivity (Wildman–Crippen MR) is 98.0 cm³/mol. The normalized spacial score (nSPS) is 11.8. The van der Waals surface area contributed by atoms with E-state index < -0.39 is 11.9 Å². The zero-order chi connectivity index (χ0) is 17.4. The quantitative estimate of drug-likeness (QED) is 0.281. The van der Waals surface area contributed by atoms with E-state index in [1.54, 1.807) is 24.3 Å². The van der Waals surface area contributed by atoms with Crippen LogP contribution in [0, 0.1) is 5.92 Å². The van der Waals surface area contributed by atoms with Crippen LogP contribution < -0.4 is 0 Å². The van der Waals surface area contributed by atoms with Gasteiger partial charge in [-0.05, 0) is 30.5 Å². The first kappa shape index (κ1) is 18.4. The molecule has 0 bridgehead atoms. The lowest BCUT2D eigenvalue weighted by molar-refractivity contribution is -0.146. The molecule has 0 aliphatic heterocycles. The van der Waals surface area contributed by atoms with Gasteiger partial charge in [0, 0.05) is 10.0 Å². The number of esters is 1. The van der Waals surface area contributed by atoms with E-state index in [2.05, 4.69) is 15.9 Å². The summed E-state index contributed by atoms with van der Waals surface area (Å²) in [6.45, 7) is 2.39. The van der Waals surface area contributed by atoms with Gasteiger partial charge >= 0.3 is 5.97 Å². The highest BCUT2D eigenvalue weighted by atomic mass is 79.9.